The number of hydrogen-bond acceptors (Lipinski definition) is 5. The smallest absolute Gasteiger partial charge is 0.325 e. The van der Waals surface area contributed by atoms with Gasteiger partial charge >= 0.3 is 5.97 Å². The standard InChI is InChI=1S/C22H30N2O5/c1-7-12(2)22(20(27)28)16-15(18(25)24(19(16)26)21(3,4)5)17(23-22)13-10-8-9-11-14(13)29-6/h8-12,15-17,23H,7H2,1-6H3,(H,27,28). The predicted molar refractivity (Wildman–Crippen MR) is 107 cm³/mol. The number of carboxylic acids is 1. The summed E-state index contributed by atoms with van der Waals surface area (Å²) in [6.07, 6.45) is 0.554. The maximum Gasteiger partial charge on any atom is 0.325 e. The normalized spacial score (nSPS) is 30.4. The highest BCUT2D eigenvalue weighted by Gasteiger charge is 2.70. The summed E-state index contributed by atoms with van der Waals surface area (Å²) in [6.45, 7) is 9.09. The third kappa shape index (κ3) is 2.94. The van der Waals surface area contributed by atoms with Gasteiger partial charge < -0.3 is 9.84 Å². The minimum absolute atomic E-state index is 0.331. The fourth-order valence-electron chi connectivity index (χ4n) is 4.97. The highest BCUT2D eigenvalue weighted by Crippen LogP contribution is 2.54. The third-order valence-electron chi connectivity index (χ3n) is 6.48. The Labute approximate surface area is 171 Å². The zero-order valence-electron chi connectivity index (χ0n) is 17.9. The van der Waals surface area contributed by atoms with Crippen LogP contribution in [0.1, 0.15) is 52.6 Å². The molecule has 2 amide bonds. The van der Waals surface area contributed by atoms with Crippen molar-refractivity contribution in [2.75, 3.05) is 7.11 Å². The van der Waals surface area contributed by atoms with Gasteiger partial charge in [-0.25, -0.2) is 0 Å². The molecular formula is C22H30N2O5. The van der Waals surface area contributed by atoms with Gasteiger partial charge in [0.05, 0.1) is 18.9 Å². The van der Waals surface area contributed by atoms with Crippen LogP contribution in [0, 0.1) is 17.8 Å². The Morgan fingerprint density at radius 3 is 2.41 bits per heavy atom. The van der Waals surface area contributed by atoms with E-state index in [9.17, 15) is 19.5 Å². The van der Waals surface area contributed by atoms with Gasteiger partial charge in [-0.1, -0.05) is 38.5 Å². The van der Waals surface area contributed by atoms with Crippen LogP contribution in [0.25, 0.3) is 0 Å². The summed E-state index contributed by atoms with van der Waals surface area (Å²) >= 11 is 0. The quantitative estimate of drug-likeness (QED) is 0.735. The third-order valence-corrected chi connectivity index (χ3v) is 6.48. The average molecular weight is 402 g/mol. The van der Waals surface area contributed by atoms with Gasteiger partial charge in [-0.2, -0.15) is 0 Å². The Morgan fingerprint density at radius 1 is 1.28 bits per heavy atom. The van der Waals surface area contributed by atoms with E-state index >= 15 is 0 Å². The van der Waals surface area contributed by atoms with E-state index in [0.717, 1.165) is 0 Å². The zero-order chi connectivity index (χ0) is 21.7. The van der Waals surface area contributed by atoms with Gasteiger partial charge in [0, 0.05) is 17.1 Å². The number of para-hydroxylation sites is 1. The number of ether oxygens (including phenoxy) is 1. The predicted octanol–water partition coefficient (Wildman–Crippen LogP) is 2.61. The molecule has 7 heteroatoms. The molecule has 2 saturated heterocycles. The maximum absolute atomic E-state index is 13.5. The molecule has 2 aliphatic heterocycles. The van der Waals surface area contributed by atoms with Gasteiger partial charge in [0.1, 0.15) is 11.3 Å². The summed E-state index contributed by atoms with van der Waals surface area (Å²) in [5.74, 6) is -3.43. The molecule has 29 heavy (non-hydrogen) atoms. The van der Waals surface area contributed by atoms with Crippen molar-refractivity contribution < 1.29 is 24.2 Å². The van der Waals surface area contributed by atoms with Crippen LogP contribution >= 0.6 is 0 Å². The van der Waals surface area contributed by atoms with Crippen molar-refractivity contribution in [2.24, 2.45) is 17.8 Å². The van der Waals surface area contributed by atoms with Crippen molar-refractivity contribution in [3.05, 3.63) is 29.8 Å². The number of hydrogen-bond donors (Lipinski definition) is 2. The lowest BCUT2D eigenvalue weighted by Gasteiger charge is -2.38. The molecule has 1 aromatic rings. The van der Waals surface area contributed by atoms with Gasteiger partial charge in [0.15, 0.2) is 0 Å². The Morgan fingerprint density at radius 2 is 1.90 bits per heavy atom. The monoisotopic (exact) mass is 402 g/mol. The second kappa shape index (κ2) is 7.13. The molecule has 0 spiro atoms. The van der Waals surface area contributed by atoms with Crippen LogP contribution in [0.4, 0.5) is 0 Å². The van der Waals surface area contributed by atoms with Crippen molar-refractivity contribution in [1.29, 1.82) is 0 Å². The number of amides is 2. The van der Waals surface area contributed by atoms with Crippen molar-refractivity contribution in [1.82, 2.24) is 10.2 Å². The number of carbonyl (C=O) groups excluding carboxylic acids is 2. The molecule has 0 aromatic heterocycles. The van der Waals surface area contributed by atoms with Crippen LogP contribution < -0.4 is 10.1 Å². The van der Waals surface area contributed by atoms with Crippen LogP contribution in [0.15, 0.2) is 24.3 Å². The number of carboxylic acid groups (broad SMARTS) is 1. The molecule has 5 atom stereocenters. The van der Waals surface area contributed by atoms with Crippen LogP contribution in [0.3, 0.4) is 0 Å². The highest BCUT2D eigenvalue weighted by atomic mass is 16.5. The van der Waals surface area contributed by atoms with E-state index in [1.807, 2.05) is 32.0 Å². The molecule has 0 radical (unpaired) electrons. The van der Waals surface area contributed by atoms with Crippen molar-refractivity contribution in [3.63, 3.8) is 0 Å². The number of imide groups is 1. The second-order valence-corrected chi connectivity index (χ2v) is 9.03. The molecule has 2 fully saturated rings. The van der Waals surface area contributed by atoms with Gasteiger partial charge in [-0.15, -0.1) is 0 Å². The molecule has 3 rings (SSSR count). The van der Waals surface area contributed by atoms with E-state index in [2.05, 4.69) is 5.32 Å². The minimum Gasteiger partial charge on any atom is -0.496 e. The van der Waals surface area contributed by atoms with Crippen LogP contribution in [-0.4, -0.2) is 46.0 Å². The average Bonchev–Trinajstić information content (AvgIpc) is 3.15. The first-order valence-electron chi connectivity index (χ1n) is 10.0. The van der Waals surface area contributed by atoms with E-state index in [0.29, 0.717) is 17.7 Å². The molecule has 0 aliphatic carbocycles. The van der Waals surface area contributed by atoms with Crippen LogP contribution in [0.5, 0.6) is 5.75 Å². The number of likely N-dealkylation sites (tertiary alicyclic amines) is 1. The number of nitrogens with one attached hydrogen (secondary N) is 1. The maximum atomic E-state index is 13.5. The van der Waals surface area contributed by atoms with Gasteiger partial charge in [0.2, 0.25) is 11.8 Å². The second-order valence-electron chi connectivity index (χ2n) is 9.03. The SMILES string of the molecule is CCC(C)C1(C(=O)O)NC(c2ccccc2OC)C2C(=O)N(C(C)(C)C)C(=O)C21. The molecule has 2 heterocycles. The van der Waals surface area contributed by atoms with Gasteiger partial charge in [-0.05, 0) is 32.8 Å². The lowest BCUT2D eigenvalue weighted by molar-refractivity contribution is -0.156. The molecule has 158 valence electrons. The molecule has 1 aromatic carbocycles. The van der Waals surface area contributed by atoms with E-state index in [1.54, 1.807) is 26.8 Å². The van der Waals surface area contributed by atoms with Gasteiger partial charge in [-0.3, -0.25) is 24.6 Å². The lowest BCUT2D eigenvalue weighted by Crippen LogP contribution is -2.60. The van der Waals surface area contributed by atoms with Crippen LogP contribution in [0.2, 0.25) is 0 Å². The number of benzene rings is 1. The molecule has 2 N–H and O–H groups in total. The van der Waals surface area contributed by atoms with Crippen LogP contribution in [-0.2, 0) is 14.4 Å². The Hall–Kier alpha value is -2.41. The summed E-state index contributed by atoms with van der Waals surface area (Å²) in [4.78, 5) is 40.9. The molecule has 5 unspecified atom stereocenters. The molecule has 0 saturated carbocycles. The summed E-state index contributed by atoms with van der Waals surface area (Å²) in [6, 6.07) is 6.60. The van der Waals surface area contributed by atoms with Crippen molar-refractivity contribution in [3.8, 4) is 5.75 Å². The summed E-state index contributed by atoms with van der Waals surface area (Å²) in [5, 5.41) is 13.6. The van der Waals surface area contributed by atoms with Gasteiger partial charge in [0.25, 0.3) is 0 Å². The van der Waals surface area contributed by atoms with Crippen molar-refractivity contribution in [2.45, 2.75) is 58.2 Å². The lowest BCUT2D eigenvalue weighted by atomic mass is 9.72. The highest BCUT2D eigenvalue weighted by molar-refractivity contribution is 6.10. The molecular weight excluding hydrogens is 372 g/mol. The largest absolute Gasteiger partial charge is 0.496 e. The van der Waals surface area contributed by atoms with E-state index < -0.39 is 40.8 Å². The summed E-state index contributed by atoms with van der Waals surface area (Å²) in [5.41, 5.74) is -1.57. The molecule has 7 nitrogen and oxygen atoms in total. The van der Waals surface area contributed by atoms with E-state index in [4.69, 9.17) is 4.74 Å². The number of methoxy groups -OCH3 is 1. The fraction of sp³-hybridized carbons (Fsp3) is 0.591. The number of nitrogens with zero attached hydrogens (tertiary/aromatic N) is 1. The Kier molecular flexibility index (Phi) is 5.24. The number of fused-ring (bicyclic) bond motifs is 1. The Balaban J connectivity index is 2.25. The minimum atomic E-state index is -1.53. The van der Waals surface area contributed by atoms with Crippen molar-refractivity contribution >= 4 is 17.8 Å². The zero-order valence-corrected chi connectivity index (χ0v) is 17.9. The molecule has 0 bridgehead atoms. The fourth-order valence-corrected chi connectivity index (χ4v) is 4.97. The number of rotatable bonds is 5. The van der Waals surface area contributed by atoms with E-state index in [-0.39, 0.29) is 11.8 Å². The summed E-state index contributed by atoms with van der Waals surface area (Å²) in [7, 11) is 1.54. The topological polar surface area (TPSA) is 95.9 Å². The number of carbonyl (C=O) groups is 3. The Bertz CT molecular complexity index is 846. The first-order valence-corrected chi connectivity index (χ1v) is 10.0. The summed E-state index contributed by atoms with van der Waals surface area (Å²) < 4.78 is 5.48. The first kappa shape index (κ1) is 21.3. The van der Waals surface area contributed by atoms with E-state index in [1.165, 1.54) is 12.0 Å². The first-order chi connectivity index (χ1) is 13.5. The molecule has 2 aliphatic rings. The number of aliphatic carboxylic acids is 1.